The zero-order valence-corrected chi connectivity index (χ0v) is 10.7. The summed E-state index contributed by atoms with van der Waals surface area (Å²) in [7, 11) is 0. The van der Waals surface area contributed by atoms with Crippen LogP contribution in [0.4, 0.5) is 5.69 Å². The molecule has 2 N–H and O–H groups in total. The van der Waals surface area contributed by atoms with Crippen LogP contribution in [0.1, 0.15) is 23.2 Å². The van der Waals surface area contributed by atoms with Gasteiger partial charge in [0.2, 0.25) is 5.91 Å². The molecule has 0 aromatic heterocycles. The lowest BCUT2D eigenvalue weighted by molar-refractivity contribution is -0.122. The molecule has 1 atom stereocenters. The average molecular weight is 267 g/mol. The highest BCUT2D eigenvalue weighted by atomic mass is 35.5. The summed E-state index contributed by atoms with van der Waals surface area (Å²) in [6.07, 6.45) is 2.50. The van der Waals surface area contributed by atoms with Crippen molar-refractivity contribution in [2.75, 3.05) is 18.0 Å². The van der Waals surface area contributed by atoms with Gasteiger partial charge in [-0.25, -0.2) is 0 Å². The van der Waals surface area contributed by atoms with Crippen molar-refractivity contribution in [3.8, 4) is 0 Å². The number of primary amides is 1. The second kappa shape index (κ2) is 5.40. The molecule has 0 bridgehead atoms. The summed E-state index contributed by atoms with van der Waals surface area (Å²) in [5, 5.41) is 0.532. The van der Waals surface area contributed by atoms with Gasteiger partial charge in [-0.05, 0) is 31.0 Å². The van der Waals surface area contributed by atoms with E-state index in [-0.39, 0.29) is 11.8 Å². The van der Waals surface area contributed by atoms with Crippen molar-refractivity contribution in [1.29, 1.82) is 0 Å². The fraction of sp³-hybridized carbons (Fsp3) is 0.385. The molecule has 1 aliphatic heterocycles. The Bertz CT molecular complexity index is 476. The smallest absolute Gasteiger partial charge is 0.222 e. The van der Waals surface area contributed by atoms with Crippen LogP contribution in [0.5, 0.6) is 0 Å². The number of carbonyl (C=O) groups is 2. The summed E-state index contributed by atoms with van der Waals surface area (Å²) in [5.74, 6) is -0.421. The van der Waals surface area contributed by atoms with Crippen LogP contribution >= 0.6 is 11.6 Å². The van der Waals surface area contributed by atoms with E-state index in [0.29, 0.717) is 17.1 Å². The van der Waals surface area contributed by atoms with Crippen molar-refractivity contribution < 1.29 is 9.59 Å². The minimum atomic E-state index is -0.277. The summed E-state index contributed by atoms with van der Waals surface area (Å²) in [5.41, 5.74) is 6.71. The van der Waals surface area contributed by atoms with Gasteiger partial charge in [-0.15, -0.1) is 0 Å². The fourth-order valence-corrected chi connectivity index (χ4v) is 2.52. The minimum absolute atomic E-state index is 0.145. The van der Waals surface area contributed by atoms with E-state index in [0.717, 1.165) is 31.4 Å². The lowest BCUT2D eigenvalue weighted by Gasteiger charge is -2.33. The summed E-state index contributed by atoms with van der Waals surface area (Å²) in [6.45, 7) is 1.39. The first-order valence-corrected chi connectivity index (χ1v) is 6.28. The number of carbonyl (C=O) groups excluding carboxylic acids is 2. The molecule has 1 unspecified atom stereocenters. The van der Waals surface area contributed by atoms with E-state index in [4.69, 9.17) is 17.3 Å². The van der Waals surface area contributed by atoms with Crippen molar-refractivity contribution in [2.45, 2.75) is 12.8 Å². The highest BCUT2D eigenvalue weighted by Gasteiger charge is 2.25. The van der Waals surface area contributed by atoms with E-state index in [9.17, 15) is 9.59 Å². The first kappa shape index (κ1) is 12.9. The lowest BCUT2D eigenvalue weighted by atomic mass is 9.96. The maximum Gasteiger partial charge on any atom is 0.222 e. The third-order valence-electron chi connectivity index (χ3n) is 3.28. The summed E-state index contributed by atoms with van der Waals surface area (Å²) < 4.78 is 0. The number of benzene rings is 1. The molecule has 5 heteroatoms. The molecule has 1 heterocycles. The van der Waals surface area contributed by atoms with E-state index in [1.165, 1.54) is 0 Å². The molecule has 4 nitrogen and oxygen atoms in total. The Hall–Kier alpha value is -1.55. The monoisotopic (exact) mass is 266 g/mol. The highest BCUT2D eigenvalue weighted by molar-refractivity contribution is 6.31. The zero-order chi connectivity index (χ0) is 13.1. The van der Waals surface area contributed by atoms with Crippen LogP contribution in [0.3, 0.4) is 0 Å². The van der Waals surface area contributed by atoms with Crippen molar-refractivity contribution in [3.05, 3.63) is 28.8 Å². The number of nitrogens with zero attached hydrogens (tertiary/aromatic N) is 1. The molecule has 0 spiro atoms. The summed E-state index contributed by atoms with van der Waals surface area (Å²) in [4.78, 5) is 24.3. The summed E-state index contributed by atoms with van der Waals surface area (Å²) in [6, 6.07) is 5.20. The van der Waals surface area contributed by atoms with Crippen molar-refractivity contribution in [3.63, 3.8) is 0 Å². The number of anilines is 1. The molecule has 0 radical (unpaired) electrons. The van der Waals surface area contributed by atoms with Gasteiger partial charge in [0.05, 0.1) is 5.92 Å². The highest BCUT2D eigenvalue weighted by Crippen LogP contribution is 2.27. The van der Waals surface area contributed by atoms with Crippen LogP contribution in [-0.4, -0.2) is 25.3 Å². The zero-order valence-electron chi connectivity index (χ0n) is 9.93. The second-order valence-corrected chi connectivity index (χ2v) is 4.94. The lowest BCUT2D eigenvalue weighted by Crippen LogP contribution is -2.41. The van der Waals surface area contributed by atoms with Crippen LogP contribution in [0.15, 0.2) is 18.2 Å². The Morgan fingerprint density at radius 1 is 1.50 bits per heavy atom. The molecule has 96 valence electrons. The van der Waals surface area contributed by atoms with Crippen molar-refractivity contribution in [1.82, 2.24) is 0 Å². The normalized spacial score (nSPS) is 19.6. The number of hydrogen-bond acceptors (Lipinski definition) is 3. The fourth-order valence-electron chi connectivity index (χ4n) is 2.34. The van der Waals surface area contributed by atoms with Gasteiger partial charge in [-0.3, -0.25) is 9.59 Å². The van der Waals surface area contributed by atoms with Crippen LogP contribution in [-0.2, 0) is 4.79 Å². The molecule has 1 fully saturated rings. The molecule has 1 aliphatic rings. The van der Waals surface area contributed by atoms with Gasteiger partial charge in [-0.1, -0.05) is 11.6 Å². The quantitative estimate of drug-likeness (QED) is 0.850. The molecular weight excluding hydrogens is 252 g/mol. The van der Waals surface area contributed by atoms with Crippen LogP contribution in [0.2, 0.25) is 5.02 Å². The van der Waals surface area contributed by atoms with Crippen LogP contribution < -0.4 is 10.6 Å². The molecule has 2 rings (SSSR count). The van der Waals surface area contributed by atoms with Gasteiger partial charge >= 0.3 is 0 Å². The third kappa shape index (κ3) is 2.64. The molecule has 18 heavy (non-hydrogen) atoms. The Morgan fingerprint density at radius 3 is 2.94 bits per heavy atom. The molecule has 0 saturated carbocycles. The van der Waals surface area contributed by atoms with Gasteiger partial charge in [0, 0.05) is 29.4 Å². The van der Waals surface area contributed by atoms with E-state index in [1.54, 1.807) is 12.1 Å². The number of piperidine rings is 1. The minimum Gasteiger partial charge on any atom is -0.370 e. The first-order valence-electron chi connectivity index (χ1n) is 5.91. The maximum atomic E-state index is 11.2. The Balaban J connectivity index is 2.25. The standard InChI is InChI=1S/C13H15ClN2O2/c14-11-3-4-12(10(6-11)8-17)16-5-1-2-9(7-16)13(15)18/h3-4,6,8-9H,1-2,5,7H2,(H2,15,18). The third-order valence-corrected chi connectivity index (χ3v) is 3.52. The molecule has 0 aliphatic carbocycles. The van der Waals surface area contributed by atoms with E-state index in [2.05, 4.69) is 0 Å². The topological polar surface area (TPSA) is 63.4 Å². The van der Waals surface area contributed by atoms with Gasteiger partial charge in [0.1, 0.15) is 0 Å². The van der Waals surface area contributed by atoms with Crippen LogP contribution in [0, 0.1) is 5.92 Å². The number of nitrogens with two attached hydrogens (primary N) is 1. The molecule has 1 amide bonds. The number of aldehydes is 1. The van der Waals surface area contributed by atoms with Gasteiger partial charge in [-0.2, -0.15) is 0 Å². The number of hydrogen-bond donors (Lipinski definition) is 1. The molecule has 1 saturated heterocycles. The first-order chi connectivity index (χ1) is 8.61. The second-order valence-electron chi connectivity index (χ2n) is 4.51. The van der Waals surface area contributed by atoms with Gasteiger partial charge in [0.15, 0.2) is 6.29 Å². The SMILES string of the molecule is NC(=O)C1CCCN(c2ccc(Cl)cc2C=O)C1. The Labute approximate surface area is 111 Å². The Morgan fingerprint density at radius 2 is 2.28 bits per heavy atom. The Kier molecular flexibility index (Phi) is 3.87. The van der Waals surface area contributed by atoms with Gasteiger partial charge < -0.3 is 10.6 Å². The number of halogens is 1. The van der Waals surface area contributed by atoms with Crippen molar-refractivity contribution in [2.24, 2.45) is 11.7 Å². The molecule has 1 aromatic rings. The van der Waals surface area contributed by atoms with Gasteiger partial charge in [0.25, 0.3) is 0 Å². The molecular formula is C13H15ClN2O2. The maximum absolute atomic E-state index is 11.2. The van der Waals surface area contributed by atoms with E-state index in [1.807, 2.05) is 11.0 Å². The van der Waals surface area contributed by atoms with E-state index < -0.39 is 0 Å². The molecule has 1 aromatic carbocycles. The summed E-state index contributed by atoms with van der Waals surface area (Å²) >= 11 is 5.86. The number of amides is 1. The predicted molar refractivity (Wildman–Crippen MR) is 71.0 cm³/mol. The number of rotatable bonds is 3. The predicted octanol–water partition coefficient (Wildman–Crippen LogP) is 1.85. The average Bonchev–Trinajstić information content (AvgIpc) is 2.38. The van der Waals surface area contributed by atoms with E-state index >= 15 is 0 Å². The van der Waals surface area contributed by atoms with Crippen molar-refractivity contribution >= 4 is 29.5 Å². The largest absolute Gasteiger partial charge is 0.370 e. The van der Waals surface area contributed by atoms with Crippen LogP contribution in [0.25, 0.3) is 0 Å².